The Kier molecular flexibility index (Phi) is 5.75. The lowest BCUT2D eigenvalue weighted by Gasteiger charge is -2.30. The Hall–Kier alpha value is -5.66. The third-order valence-corrected chi connectivity index (χ3v) is 11.6. The molecule has 8 aromatic carbocycles. The Labute approximate surface area is 288 Å². The summed E-state index contributed by atoms with van der Waals surface area (Å²) in [5, 5.41) is 7.76. The summed E-state index contributed by atoms with van der Waals surface area (Å²) in [5.41, 5.74) is 14.4. The monoisotopic (exact) mass is 627 g/mol. The molecule has 1 heteroatoms. The van der Waals surface area contributed by atoms with Crippen LogP contribution in [0.3, 0.4) is 0 Å². The second-order valence-corrected chi connectivity index (χ2v) is 15.0. The molecule has 0 heterocycles. The second-order valence-electron chi connectivity index (χ2n) is 15.0. The van der Waals surface area contributed by atoms with E-state index in [0.29, 0.717) is 0 Å². The summed E-state index contributed by atoms with van der Waals surface area (Å²) < 4.78 is 0. The molecule has 0 radical (unpaired) electrons. The van der Waals surface area contributed by atoms with Crippen molar-refractivity contribution in [1.82, 2.24) is 0 Å². The van der Waals surface area contributed by atoms with Crippen molar-refractivity contribution in [1.29, 1.82) is 0 Å². The number of para-hydroxylation sites is 1. The highest BCUT2D eigenvalue weighted by Gasteiger charge is 2.39. The van der Waals surface area contributed by atoms with Crippen LogP contribution in [-0.2, 0) is 10.8 Å². The van der Waals surface area contributed by atoms with Gasteiger partial charge in [-0.05, 0) is 114 Å². The van der Waals surface area contributed by atoms with Gasteiger partial charge in [-0.15, -0.1) is 0 Å². The van der Waals surface area contributed by atoms with Crippen molar-refractivity contribution < 1.29 is 0 Å². The first kappa shape index (κ1) is 28.4. The highest BCUT2D eigenvalue weighted by atomic mass is 15.1. The van der Waals surface area contributed by atoms with E-state index in [1.807, 2.05) is 0 Å². The molecule has 49 heavy (non-hydrogen) atoms. The summed E-state index contributed by atoms with van der Waals surface area (Å²) in [6, 6.07) is 56.7. The molecule has 8 aromatic rings. The fourth-order valence-corrected chi connectivity index (χ4v) is 9.19. The minimum Gasteiger partial charge on any atom is -0.310 e. The van der Waals surface area contributed by atoms with Gasteiger partial charge in [0.05, 0.1) is 5.69 Å². The van der Waals surface area contributed by atoms with Gasteiger partial charge in [0.2, 0.25) is 0 Å². The molecule has 0 saturated carbocycles. The van der Waals surface area contributed by atoms with Crippen LogP contribution in [0.1, 0.15) is 49.9 Å². The maximum absolute atomic E-state index is 2.47. The number of hydrogen-bond acceptors (Lipinski definition) is 1. The van der Waals surface area contributed by atoms with Gasteiger partial charge < -0.3 is 4.90 Å². The predicted octanol–water partition coefficient (Wildman–Crippen LogP) is 13.2. The highest BCUT2D eigenvalue weighted by Crippen LogP contribution is 2.55. The third-order valence-electron chi connectivity index (χ3n) is 11.6. The van der Waals surface area contributed by atoms with Crippen LogP contribution < -0.4 is 4.90 Å². The molecule has 0 bridgehead atoms. The molecule has 2 aliphatic rings. The van der Waals surface area contributed by atoms with E-state index in [0.717, 1.165) is 11.4 Å². The molecule has 234 valence electrons. The van der Waals surface area contributed by atoms with Gasteiger partial charge in [-0.3, -0.25) is 0 Å². The quantitative estimate of drug-likeness (QED) is 0.188. The van der Waals surface area contributed by atoms with Gasteiger partial charge in [0, 0.05) is 27.6 Å². The molecule has 0 atom stereocenters. The lowest BCUT2D eigenvalue weighted by molar-refractivity contribution is 0.661. The minimum atomic E-state index is -0.109. The number of nitrogens with zero attached hydrogens (tertiary/aromatic N) is 1. The summed E-state index contributed by atoms with van der Waals surface area (Å²) in [4.78, 5) is 2.47. The van der Waals surface area contributed by atoms with Crippen LogP contribution in [0.25, 0.3) is 54.6 Å². The van der Waals surface area contributed by atoms with E-state index in [9.17, 15) is 0 Å². The second kappa shape index (κ2) is 9.94. The normalized spacial score (nSPS) is 14.9. The van der Waals surface area contributed by atoms with Gasteiger partial charge in [0.25, 0.3) is 0 Å². The molecule has 0 N–H and O–H groups in total. The molecule has 0 aliphatic heterocycles. The topological polar surface area (TPSA) is 3.24 Å². The number of rotatable bonds is 3. The largest absolute Gasteiger partial charge is 0.310 e. The Morgan fingerprint density at radius 1 is 0.388 bits per heavy atom. The van der Waals surface area contributed by atoms with Gasteiger partial charge >= 0.3 is 0 Å². The van der Waals surface area contributed by atoms with Crippen LogP contribution in [0.2, 0.25) is 0 Å². The van der Waals surface area contributed by atoms with Crippen molar-refractivity contribution in [3.05, 3.63) is 174 Å². The average Bonchev–Trinajstić information content (AvgIpc) is 3.50. The zero-order valence-electron chi connectivity index (χ0n) is 28.4. The maximum Gasteiger partial charge on any atom is 0.0543 e. The van der Waals surface area contributed by atoms with Gasteiger partial charge in [0.15, 0.2) is 0 Å². The van der Waals surface area contributed by atoms with E-state index in [4.69, 9.17) is 0 Å². The number of anilines is 3. The Morgan fingerprint density at radius 2 is 1.08 bits per heavy atom. The van der Waals surface area contributed by atoms with E-state index in [1.54, 1.807) is 0 Å². The lowest BCUT2D eigenvalue weighted by atomic mass is 9.80. The highest BCUT2D eigenvalue weighted by molar-refractivity contribution is 6.10. The molecule has 0 saturated heterocycles. The fraction of sp³-hybridized carbons (Fsp3) is 0.125. The SMILES string of the molecule is CC1(C)c2ccccc2-c2c1cc(N(c1ccccc1)c1ccc3cc4c(cc3c1)C(C)(C)c1c-4ccc3ccccc13)c1ccccc21. The van der Waals surface area contributed by atoms with E-state index in [-0.39, 0.29) is 10.8 Å². The van der Waals surface area contributed by atoms with Crippen LogP contribution in [0.4, 0.5) is 17.1 Å². The van der Waals surface area contributed by atoms with E-state index >= 15 is 0 Å². The molecule has 10 rings (SSSR count). The molecule has 2 aliphatic carbocycles. The molecular formula is C48H37N. The van der Waals surface area contributed by atoms with Gasteiger partial charge in [-0.1, -0.05) is 137 Å². The average molecular weight is 628 g/mol. The summed E-state index contributed by atoms with van der Waals surface area (Å²) in [5.74, 6) is 0. The standard InChI is InChI=1S/C48H37N/c1-47(2)41-21-13-12-20-39(41)45-37-19-11-10-18-36(37)44(29-43(45)47)49(33-15-6-5-7-16-33)34-24-22-31-27-40-38-25-23-30-14-8-9-17-35(30)46(38)48(3,4)42(40)28-32(31)26-34/h5-29H,1-4H3. The van der Waals surface area contributed by atoms with E-state index < -0.39 is 0 Å². The molecule has 0 fully saturated rings. The van der Waals surface area contributed by atoms with Crippen molar-refractivity contribution in [3.63, 3.8) is 0 Å². The summed E-state index contributed by atoms with van der Waals surface area (Å²) in [6.07, 6.45) is 0. The number of hydrogen-bond donors (Lipinski definition) is 0. The molecule has 1 nitrogen and oxygen atoms in total. The van der Waals surface area contributed by atoms with Gasteiger partial charge in [-0.25, -0.2) is 0 Å². The van der Waals surface area contributed by atoms with Crippen LogP contribution in [0, 0.1) is 0 Å². The van der Waals surface area contributed by atoms with Crippen LogP contribution in [-0.4, -0.2) is 0 Å². The van der Waals surface area contributed by atoms with Crippen molar-refractivity contribution in [3.8, 4) is 22.3 Å². The number of benzene rings is 8. The Morgan fingerprint density at radius 3 is 1.92 bits per heavy atom. The summed E-state index contributed by atoms with van der Waals surface area (Å²) >= 11 is 0. The predicted molar refractivity (Wildman–Crippen MR) is 209 cm³/mol. The van der Waals surface area contributed by atoms with Crippen molar-refractivity contribution in [2.24, 2.45) is 0 Å². The number of fused-ring (bicyclic) bond motifs is 11. The Balaban J connectivity index is 1.21. The lowest BCUT2D eigenvalue weighted by Crippen LogP contribution is -2.17. The molecule has 0 spiro atoms. The zero-order valence-corrected chi connectivity index (χ0v) is 28.4. The smallest absolute Gasteiger partial charge is 0.0543 e. The fourth-order valence-electron chi connectivity index (χ4n) is 9.19. The third kappa shape index (κ3) is 3.88. The van der Waals surface area contributed by atoms with E-state index in [1.165, 1.54) is 82.5 Å². The van der Waals surface area contributed by atoms with Crippen LogP contribution in [0.15, 0.2) is 152 Å². The molecule has 0 unspecified atom stereocenters. The first-order valence-corrected chi connectivity index (χ1v) is 17.4. The minimum absolute atomic E-state index is 0.106. The first-order chi connectivity index (χ1) is 23.8. The molecular weight excluding hydrogens is 591 g/mol. The molecule has 0 aromatic heterocycles. The summed E-state index contributed by atoms with van der Waals surface area (Å²) in [7, 11) is 0. The van der Waals surface area contributed by atoms with Crippen LogP contribution >= 0.6 is 0 Å². The molecule has 0 amide bonds. The zero-order chi connectivity index (χ0) is 33.1. The van der Waals surface area contributed by atoms with Gasteiger partial charge in [-0.2, -0.15) is 0 Å². The first-order valence-electron chi connectivity index (χ1n) is 17.4. The van der Waals surface area contributed by atoms with Gasteiger partial charge in [0.1, 0.15) is 0 Å². The van der Waals surface area contributed by atoms with Crippen molar-refractivity contribution in [2.75, 3.05) is 4.90 Å². The van der Waals surface area contributed by atoms with Crippen LogP contribution in [0.5, 0.6) is 0 Å². The summed E-state index contributed by atoms with van der Waals surface area (Å²) in [6.45, 7) is 9.55. The maximum atomic E-state index is 2.47. The van der Waals surface area contributed by atoms with Crippen molar-refractivity contribution >= 4 is 49.4 Å². The van der Waals surface area contributed by atoms with Crippen molar-refractivity contribution in [2.45, 2.75) is 38.5 Å². The van der Waals surface area contributed by atoms with E-state index in [2.05, 4.69) is 184 Å². The Bertz CT molecular complexity index is 2660.